The molecule has 0 atom stereocenters. The summed E-state index contributed by atoms with van der Waals surface area (Å²) in [5.74, 6) is 0.541. The Labute approximate surface area is 137 Å². The molecule has 0 aromatic heterocycles. The second-order valence-corrected chi connectivity index (χ2v) is 5.56. The van der Waals surface area contributed by atoms with Crippen LogP contribution in [0.25, 0.3) is 0 Å². The minimum atomic E-state index is -0.217. The van der Waals surface area contributed by atoms with Gasteiger partial charge in [-0.05, 0) is 55.2 Å². The molecule has 0 saturated carbocycles. The van der Waals surface area contributed by atoms with E-state index in [9.17, 15) is 4.39 Å². The Morgan fingerprint density at radius 2 is 2.04 bits per heavy atom. The zero-order chi connectivity index (χ0) is 16.8. The molecule has 0 aliphatic heterocycles. The molecule has 0 radical (unpaired) electrons. The lowest BCUT2D eigenvalue weighted by Gasteiger charge is -2.13. The van der Waals surface area contributed by atoms with Crippen molar-refractivity contribution in [2.45, 2.75) is 20.3 Å². The summed E-state index contributed by atoms with van der Waals surface area (Å²) >= 11 is 0. The van der Waals surface area contributed by atoms with Crippen LogP contribution in [0.4, 0.5) is 10.1 Å². The average Bonchev–Trinajstić information content (AvgIpc) is 2.55. The Kier molecular flexibility index (Phi) is 5.74. The molecule has 122 valence electrons. The number of benzene rings is 2. The van der Waals surface area contributed by atoms with Crippen molar-refractivity contribution in [2.75, 3.05) is 20.7 Å². The molecule has 4 heteroatoms. The highest BCUT2D eigenvalue weighted by Crippen LogP contribution is 2.30. The van der Waals surface area contributed by atoms with Crippen LogP contribution in [0.15, 0.2) is 41.4 Å². The first-order chi connectivity index (χ1) is 11.0. The smallest absolute Gasteiger partial charge is 0.123 e. The van der Waals surface area contributed by atoms with Crippen molar-refractivity contribution >= 4 is 12.0 Å². The van der Waals surface area contributed by atoms with Crippen molar-refractivity contribution in [3.8, 4) is 5.75 Å². The average molecular weight is 314 g/mol. The fraction of sp³-hybridized carbons (Fsp3) is 0.316. The Morgan fingerprint density at radius 3 is 2.70 bits per heavy atom. The molecule has 2 rings (SSSR count). The summed E-state index contributed by atoms with van der Waals surface area (Å²) < 4.78 is 18.8. The number of methoxy groups -OCH3 is 1. The van der Waals surface area contributed by atoms with E-state index in [4.69, 9.17) is 4.74 Å². The van der Waals surface area contributed by atoms with Crippen molar-refractivity contribution in [1.29, 1.82) is 0 Å². The third-order valence-corrected chi connectivity index (χ3v) is 3.87. The normalized spacial score (nSPS) is 11.0. The van der Waals surface area contributed by atoms with Gasteiger partial charge in [-0.15, -0.1) is 0 Å². The van der Waals surface area contributed by atoms with Crippen LogP contribution in [0.5, 0.6) is 5.75 Å². The van der Waals surface area contributed by atoms with Crippen molar-refractivity contribution in [2.24, 2.45) is 4.99 Å². The second kappa shape index (κ2) is 7.77. The number of ether oxygens (including phenoxy) is 1. The van der Waals surface area contributed by atoms with E-state index in [-0.39, 0.29) is 5.82 Å². The topological polar surface area (TPSA) is 24.8 Å². The molecule has 0 fully saturated rings. The van der Waals surface area contributed by atoms with Gasteiger partial charge in [0.25, 0.3) is 0 Å². The molecule has 0 bridgehead atoms. The minimum absolute atomic E-state index is 0.217. The fourth-order valence-electron chi connectivity index (χ4n) is 2.27. The SMILES string of the molecule is CCN(C)/C=N/c1cc(OC)cc(Cc2cccc(F)c2)c1C. The Bertz CT molecular complexity index is 698. The lowest BCUT2D eigenvalue weighted by atomic mass is 9.99. The monoisotopic (exact) mass is 314 g/mol. The molecule has 0 aliphatic carbocycles. The van der Waals surface area contributed by atoms with Gasteiger partial charge in [0.1, 0.15) is 11.6 Å². The van der Waals surface area contributed by atoms with Gasteiger partial charge in [0.15, 0.2) is 0 Å². The van der Waals surface area contributed by atoms with Gasteiger partial charge in [-0.1, -0.05) is 12.1 Å². The molecule has 0 unspecified atom stereocenters. The number of aliphatic imine (C=N–C) groups is 1. The first-order valence-electron chi connectivity index (χ1n) is 7.70. The van der Waals surface area contributed by atoms with E-state index in [1.54, 1.807) is 19.2 Å². The molecule has 0 amide bonds. The van der Waals surface area contributed by atoms with E-state index in [0.29, 0.717) is 6.42 Å². The highest BCUT2D eigenvalue weighted by molar-refractivity contribution is 5.65. The summed E-state index contributed by atoms with van der Waals surface area (Å²) in [4.78, 5) is 6.56. The highest BCUT2D eigenvalue weighted by Gasteiger charge is 2.09. The summed E-state index contributed by atoms with van der Waals surface area (Å²) in [6, 6.07) is 10.6. The first-order valence-corrected chi connectivity index (χ1v) is 7.70. The summed E-state index contributed by atoms with van der Waals surface area (Å²) in [6.07, 6.45) is 2.46. The fourth-order valence-corrected chi connectivity index (χ4v) is 2.27. The standard InChI is InChI=1S/C19H23FN2O/c1-5-22(3)13-21-19-12-18(23-4)11-16(14(19)2)9-15-7-6-8-17(20)10-15/h6-8,10-13H,5,9H2,1-4H3/b21-13+. The van der Waals surface area contributed by atoms with E-state index in [2.05, 4.69) is 11.9 Å². The van der Waals surface area contributed by atoms with Gasteiger partial charge < -0.3 is 9.64 Å². The van der Waals surface area contributed by atoms with Crippen molar-refractivity contribution < 1.29 is 9.13 Å². The number of nitrogens with zero attached hydrogens (tertiary/aromatic N) is 2. The Morgan fingerprint density at radius 1 is 1.26 bits per heavy atom. The molecular formula is C19H23FN2O. The van der Waals surface area contributed by atoms with E-state index < -0.39 is 0 Å². The van der Waals surface area contributed by atoms with Gasteiger partial charge in [-0.25, -0.2) is 9.38 Å². The van der Waals surface area contributed by atoms with Gasteiger partial charge in [-0.3, -0.25) is 0 Å². The molecule has 2 aromatic carbocycles. The van der Waals surface area contributed by atoms with Crippen LogP contribution in [-0.4, -0.2) is 31.9 Å². The third-order valence-electron chi connectivity index (χ3n) is 3.87. The van der Waals surface area contributed by atoms with Crippen LogP contribution in [0, 0.1) is 12.7 Å². The van der Waals surface area contributed by atoms with Crippen LogP contribution in [0.3, 0.4) is 0 Å². The summed E-state index contributed by atoms with van der Waals surface area (Å²) in [5.41, 5.74) is 3.97. The van der Waals surface area contributed by atoms with Gasteiger partial charge >= 0.3 is 0 Å². The highest BCUT2D eigenvalue weighted by atomic mass is 19.1. The number of hydrogen-bond donors (Lipinski definition) is 0. The molecule has 0 heterocycles. The van der Waals surface area contributed by atoms with E-state index >= 15 is 0 Å². The van der Waals surface area contributed by atoms with Crippen molar-refractivity contribution in [1.82, 2.24) is 4.90 Å². The van der Waals surface area contributed by atoms with Gasteiger partial charge in [-0.2, -0.15) is 0 Å². The molecule has 0 saturated heterocycles. The molecule has 2 aromatic rings. The van der Waals surface area contributed by atoms with Gasteiger partial charge in [0.05, 0.1) is 19.1 Å². The lowest BCUT2D eigenvalue weighted by molar-refractivity contribution is 0.414. The minimum Gasteiger partial charge on any atom is -0.497 e. The molecule has 0 spiro atoms. The largest absolute Gasteiger partial charge is 0.497 e. The molecular weight excluding hydrogens is 291 g/mol. The van der Waals surface area contributed by atoms with Crippen LogP contribution >= 0.6 is 0 Å². The zero-order valence-electron chi connectivity index (χ0n) is 14.1. The Balaban J connectivity index is 2.37. The maximum atomic E-state index is 13.4. The number of hydrogen-bond acceptors (Lipinski definition) is 2. The summed E-state index contributed by atoms with van der Waals surface area (Å²) in [7, 11) is 3.62. The van der Waals surface area contributed by atoms with Crippen LogP contribution < -0.4 is 4.74 Å². The molecule has 23 heavy (non-hydrogen) atoms. The number of rotatable bonds is 6. The summed E-state index contributed by atoms with van der Waals surface area (Å²) in [6.45, 7) is 5.00. The van der Waals surface area contributed by atoms with E-state index in [0.717, 1.165) is 34.7 Å². The maximum Gasteiger partial charge on any atom is 0.123 e. The predicted octanol–water partition coefficient (Wildman–Crippen LogP) is 4.35. The van der Waals surface area contributed by atoms with E-state index in [1.165, 1.54) is 6.07 Å². The lowest BCUT2D eigenvalue weighted by Crippen LogP contribution is -2.14. The molecule has 3 nitrogen and oxygen atoms in total. The molecule has 0 aliphatic rings. The van der Waals surface area contributed by atoms with Crippen LogP contribution in [0.1, 0.15) is 23.6 Å². The zero-order valence-corrected chi connectivity index (χ0v) is 14.1. The Hall–Kier alpha value is -2.36. The van der Waals surface area contributed by atoms with E-state index in [1.807, 2.05) is 43.4 Å². The predicted molar refractivity (Wildman–Crippen MR) is 93.4 cm³/mol. The van der Waals surface area contributed by atoms with Gasteiger partial charge in [0.2, 0.25) is 0 Å². The third kappa shape index (κ3) is 4.55. The van der Waals surface area contributed by atoms with Crippen LogP contribution in [-0.2, 0) is 6.42 Å². The second-order valence-electron chi connectivity index (χ2n) is 5.56. The first kappa shape index (κ1) is 17.0. The van der Waals surface area contributed by atoms with Crippen molar-refractivity contribution in [3.05, 3.63) is 58.9 Å². The maximum absolute atomic E-state index is 13.4. The summed E-state index contributed by atoms with van der Waals surface area (Å²) in [5, 5.41) is 0. The van der Waals surface area contributed by atoms with Gasteiger partial charge in [0, 0.05) is 19.7 Å². The quantitative estimate of drug-likeness (QED) is 0.585. The van der Waals surface area contributed by atoms with Crippen molar-refractivity contribution in [3.63, 3.8) is 0 Å². The number of halogens is 1. The molecule has 0 N–H and O–H groups in total. The van der Waals surface area contributed by atoms with Crippen LogP contribution in [0.2, 0.25) is 0 Å².